The highest BCUT2D eigenvalue weighted by atomic mass is 19.1. The number of hydrogen-bond acceptors (Lipinski definition) is 5. The van der Waals surface area contributed by atoms with Crippen LogP contribution in [0.2, 0.25) is 0 Å². The Labute approximate surface area is 148 Å². The zero-order valence-corrected chi connectivity index (χ0v) is 13.9. The minimum Gasteiger partial charge on any atom is -0.481 e. The second-order valence-corrected chi connectivity index (χ2v) is 5.65. The fourth-order valence-electron chi connectivity index (χ4n) is 2.64. The minimum atomic E-state index is -1.90. The molecule has 1 atom stereocenters. The maximum atomic E-state index is 14.4. The lowest BCUT2D eigenvalue weighted by atomic mass is 9.83. The van der Waals surface area contributed by atoms with Crippen LogP contribution in [0.5, 0.6) is 5.88 Å². The fourth-order valence-corrected chi connectivity index (χ4v) is 2.64. The topological polar surface area (TPSA) is 73.1 Å². The molecule has 1 N–H and O–H groups in total. The van der Waals surface area contributed by atoms with Crippen molar-refractivity contribution in [2.24, 2.45) is 0 Å². The van der Waals surface area contributed by atoms with Gasteiger partial charge in [0.15, 0.2) is 0 Å². The van der Waals surface area contributed by atoms with Crippen molar-refractivity contribution in [2.45, 2.75) is 12.1 Å². The average Bonchev–Trinajstić information content (AvgIpc) is 3.13. The lowest BCUT2D eigenvalue weighted by Crippen LogP contribution is -2.34. The van der Waals surface area contributed by atoms with Crippen LogP contribution in [0.4, 0.5) is 8.78 Å². The molecule has 0 aliphatic carbocycles. The molecule has 0 bridgehead atoms. The average molecular weight is 358 g/mol. The maximum absolute atomic E-state index is 14.4. The van der Waals surface area contributed by atoms with Crippen LogP contribution in [0, 0.1) is 11.6 Å². The number of halogens is 2. The van der Waals surface area contributed by atoms with Gasteiger partial charge in [-0.05, 0) is 29.3 Å². The van der Waals surface area contributed by atoms with E-state index in [4.69, 9.17) is 4.74 Å². The molecule has 6 nitrogen and oxygen atoms in total. The molecule has 0 spiro atoms. The van der Waals surface area contributed by atoms with E-state index in [1.54, 1.807) is 12.1 Å². The van der Waals surface area contributed by atoms with E-state index in [2.05, 4.69) is 21.6 Å². The van der Waals surface area contributed by atoms with Gasteiger partial charge in [0, 0.05) is 23.9 Å². The summed E-state index contributed by atoms with van der Waals surface area (Å²) in [5.41, 5.74) is -1.39. The Kier molecular flexibility index (Phi) is 4.77. The molecule has 1 aromatic carbocycles. The summed E-state index contributed by atoms with van der Waals surface area (Å²) in [5, 5.41) is 15.3. The number of aromatic nitrogens is 4. The van der Waals surface area contributed by atoms with E-state index in [-0.39, 0.29) is 17.7 Å². The molecule has 2 heterocycles. The lowest BCUT2D eigenvalue weighted by Gasteiger charge is -2.31. The van der Waals surface area contributed by atoms with Crippen molar-refractivity contribution in [2.75, 3.05) is 7.11 Å². The van der Waals surface area contributed by atoms with Crippen molar-refractivity contribution in [1.82, 2.24) is 19.7 Å². The van der Waals surface area contributed by atoms with Gasteiger partial charge in [0.25, 0.3) is 0 Å². The van der Waals surface area contributed by atoms with Crippen molar-refractivity contribution < 1.29 is 18.6 Å². The first-order valence-corrected chi connectivity index (χ1v) is 7.64. The van der Waals surface area contributed by atoms with Crippen LogP contribution in [-0.4, -0.2) is 32.0 Å². The number of hydrogen-bond donors (Lipinski definition) is 1. The SMILES string of the molecule is C=C(c1ccc(OC)nc1)C(O)(Cn1cncn1)c1ccc(F)cc1F. The number of ether oxygens (including phenoxy) is 1. The lowest BCUT2D eigenvalue weighted by molar-refractivity contribution is 0.0726. The van der Waals surface area contributed by atoms with Crippen LogP contribution in [0.15, 0.2) is 55.8 Å². The Morgan fingerprint density at radius 1 is 1.31 bits per heavy atom. The molecular formula is C18H16F2N4O2. The van der Waals surface area contributed by atoms with Gasteiger partial charge in [-0.25, -0.2) is 23.4 Å². The summed E-state index contributed by atoms with van der Waals surface area (Å²) < 4.78 is 34.1. The molecule has 0 amide bonds. The van der Waals surface area contributed by atoms with Gasteiger partial charge in [0.05, 0.1) is 13.7 Å². The molecule has 3 rings (SSSR count). The van der Waals surface area contributed by atoms with Gasteiger partial charge < -0.3 is 9.84 Å². The van der Waals surface area contributed by atoms with Gasteiger partial charge in [0.2, 0.25) is 5.88 Å². The van der Waals surface area contributed by atoms with Gasteiger partial charge in [-0.2, -0.15) is 5.10 Å². The second kappa shape index (κ2) is 7.01. The second-order valence-electron chi connectivity index (χ2n) is 5.65. The quantitative estimate of drug-likeness (QED) is 0.733. The number of methoxy groups -OCH3 is 1. The van der Waals surface area contributed by atoms with Crippen molar-refractivity contribution in [3.63, 3.8) is 0 Å². The molecule has 26 heavy (non-hydrogen) atoms. The van der Waals surface area contributed by atoms with E-state index in [1.165, 1.54) is 36.7 Å². The standard InChI is InChI=1S/C18H16F2N4O2/c1-12(13-3-6-17(26-2)22-8-13)18(25,9-24-11-21-10-23-24)15-5-4-14(19)7-16(15)20/h3-8,10-11,25H,1,9H2,2H3. The third-order valence-electron chi connectivity index (χ3n) is 4.03. The highest BCUT2D eigenvalue weighted by molar-refractivity contribution is 5.71. The van der Waals surface area contributed by atoms with E-state index >= 15 is 0 Å². The molecule has 3 aromatic rings. The largest absolute Gasteiger partial charge is 0.481 e. The summed E-state index contributed by atoms with van der Waals surface area (Å²) in [6.07, 6.45) is 4.12. The van der Waals surface area contributed by atoms with E-state index < -0.39 is 17.2 Å². The van der Waals surface area contributed by atoms with E-state index in [0.29, 0.717) is 17.5 Å². The fraction of sp³-hybridized carbons (Fsp3) is 0.167. The number of pyridine rings is 1. The molecule has 1 unspecified atom stereocenters. The molecule has 2 aromatic heterocycles. The van der Waals surface area contributed by atoms with Crippen LogP contribution >= 0.6 is 0 Å². The Hall–Kier alpha value is -3.13. The highest BCUT2D eigenvalue weighted by Crippen LogP contribution is 2.38. The molecule has 134 valence electrons. The zero-order chi connectivity index (χ0) is 18.7. The first-order chi connectivity index (χ1) is 12.4. The Balaban J connectivity index is 2.08. The summed E-state index contributed by atoms with van der Waals surface area (Å²) in [6, 6.07) is 6.20. The van der Waals surface area contributed by atoms with E-state index in [9.17, 15) is 13.9 Å². The van der Waals surface area contributed by atoms with Crippen LogP contribution in [0.1, 0.15) is 11.1 Å². The van der Waals surface area contributed by atoms with Crippen LogP contribution in [0.25, 0.3) is 5.57 Å². The molecule has 8 heteroatoms. The van der Waals surface area contributed by atoms with E-state index in [0.717, 1.165) is 6.07 Å². The van der Waals surface area contributed by atoms with Gasteiger partial charge in [0.1, 0.15) is 29.9 Å². The summed E-state index contributed by atoms with van der Waals surface area (Å²) in [6.45, 7) is 3.75. The van der Waals surface area contributed by atoms with Crippen LogP contribution < -0.4 is 4.74 Å². The predicted molar refractivity (Wildman–Crippen MR) is 90.1 cm³/mol. The molecule has 0 aliphatic heterocycles. The third kappa shape index (κ3) is 3.31. The van der Waals surface area contributed by atoms with Gasteiger partial charge in [-0.3, -0.25) is 0 Å². The van der Waals surface area contributed by atoms with Gasteiger partial charge >= 0.3 is 0 Å². The number of benzene rings is 1. The van der Waals surface area contributed by atoms with Crippen molar-refractivity contribution >= 4 is 5.57 Å². The molecule has 0 aliphatic rings. The Bertz CT molecular complexity index is 913. The summed E-state index contributed by atoms with van der Waals surface area (Å²) in [5.74, 6) is -1.25. The maximum Gasteiger partial charge on any atom is 0.212 e. The monoisotopic (exact) mass is 358 g/mol. The predicted octanol–water partition coefficient (Wildman–Crippen LogP) is 2.56. The van der Waals surface area contributed by atoms with Gasteiger partial charge in [-0.1, -0.05) is 6.58 Å². The van der Waals surface area contributed by atoms with Crippen molar-refractivity contribution in [1.29, 1.82) is 0 Å². The molecule has 0 fully saturated rings. The molecule has 0 radical (unpaired) electrons. The number of nitrogens with zero attached hydrogens (tertiary/aromatic N) is 4. The summed E-state index contributed by atoms with van der Waals surface area (Å²) in [7, 11) is 1.48. The Morgan fingerprint density at radius 2 is 2.12 bits per heavy atom. The highest BCUT2D eigenvalue weighted by Gasteiger charge is 2.37. The van der Waals surface area contributed by atoms with Crippen LogP contribution in [0.3, 0.4) is 0 Å². The Morgan fingerprint density at radius 3 is 2.69 bits per heavy atom. The number of aliphatic hydroxyl groups is 1. The minimum absolute atomic E-state index is 0.129. The zero-order valence-electron chi connectivity index (χ0n) is 13.9. The molecule has 0 saturated heterocycles. The number of rotatable bonds is 6. The van der Waals surface area contributed by atoms with Crippen LogP contribution in [-0.2, 0) is 12.1 Å². The third-order valence-corrected chi connectivity index (χ3v) is 4.03. The van der Waals surface area contributed by atoms with Crippen molar-refractivity contribution in [3.8, 4) is 5.88 Å². The van der Waals surface area contributed by atoms with Crippen molar-refractivity contribution in [3.05, 3.63) is 78.5 Å². The first-order valence-electron chi connectivity index (χ1n) is 7.64. The first kappa shape index (κ1) is 17.7. The normalized spacial score (nSPS) is 13.2. The molecule has 0 saturated carbocycles. The summed E-state index contributed by atoms with van der Waals surface area (Å²) in [4.78, 5) is 7.90. The van der Waals surface area contributed by atoms with E-state index in [1.807, 2.05) is 0 Å². The summed E-state index contributed by atoms with van der Waals surface area (Å²) >= 11 is 0. The smallest absolute Gasteiger partial charge is 0.212 e. The molecular weight excluding hydrogens is 342 g/mol. The van der Waals surface area contributed by atoms with Gasteiger partial charge in [-0.15, -0.1) is 0 Å².